The quantitative estimate of drug-likeness (QED) is 0.610. The first-order valence-corrected chi connectivity index (χ1v) is 8.41. The van der Waals surface area contributed by atoms with Crippen LogP contribution in [0.25, 0.3) is 22.4 Å². The average Bonchev–Trinajstić information content (AvgIpc) is 3.29. The van der Waals surface area contributed by atoms with Crippen molar-refractivity contribution in [2.45, 2.75) is 6.42 Å². The number of aryl methyl sites for hydroxylation is 1. The number of thiazole rings is 1. The van der Waals surface area contributed by atoms with Gasteiger partial charge in [-0.2, -0.15) is 0 Å². The number of carbonyl (C=O) groups excluding carboxylic acids is 1. The Bertz CT molecular complexity index is 999. The van der Waals surface area contributed by atoms with Gasteiger partial charge in [-0.3, -0.25) is 4.79 Å². The number of benzene rings is 1. The molecule has 3 aromatic heterocycles. The normalized spacial score (nSPS) is 11.0. The molecule has 5 nitrogen and oxygen atoms in total. The maximum Gasteiger partial charge on any atom is 0.230 e. The van der Waals surface area contributed by atoms with E-state index in [1.165, 1.54) is 11.3 Å². The molecule has 0 bridgehead atoms. The van der Waals surface area contributed by atoms with Crippen molar-refractivity contribution in [3.63, 3.8) is 0 Å². The zero-order valence-electron chi connectivity index (χ0n) is 13.0. The summed E-state index contributed by atoms with van der Waals surface area (Å²) in [6, 6.07) is 11.7. The Morgan fingerprint density at radius 2 is 2.17 bits per heavy atom. The van der Waals surface area contributed by atoms with Gasteiger partial charge in [0.05, 0.1) is 12.7 Å². The summed E-state index contributed by atoms with van der Waals surface area (Å²) in [5, 5.41) is 6.41. The van der Waals surface area contributed by atoms with E-state index in [-0.39, 0.29) is 5.91 Å². The molecule has 0 aliphatic carbocycles. The lowest BCUT2D eigenvalue weighted by Crippen LogP contribution is -2.14. The van der Waals surface area contributed by atoms with Crippen molar-refractivity contribution in [3.05, 3.63) is 59.8 Å². The van der Waals surface area contributed by atoms with E-state index in [9.17, 15) is 4.79 Å². The molecule has 1 amide bonds. The third-order valence-electron chi connectivity index (χ3n) is 3.85. The minimum Gasteiger partial charge on any atom is -0.463 e. The third-order valence-corrected chi connectivity index (χ3v) is 4.61. The second-order valence-corrected chi connectivity index (χ2v) is 6.38. The minimum atomic E-state index is -0.0771. The molecule has 1 N–H and O–H groups in total. The van der Waals surface area contributed by atoms with Gasteiger partial charge in [0.15, 0.2) is 10.9 Å². The van der Waals surface area contributed by atoms with Gasteiger partial charge in [-0.1, -0.05) is 18.2 Å². The van der Waals surface area contributed by atoms with E-state index in [0.29, 0.717) is 17.3 Å². The highest BCUT2D eigenvalue weighted by Crippen LogP contribution is 2.26. The largest absolute Gasteiger partial charge is 0.463 e. The molecule has 0 spiro atoms. The Kier molecular flexibility index (Phi) is 3.66. The number of para-hydroxylation sites is 1. The summed E-state index contributed by atoms with van der Waals surface area (Å²) in [6.07, 6.45) is 3.92. The summed E-state index contributed by atoms with van der Waals surface area (Å²) in [5.74, 6) is 0.618. The Morgan fingerprint density at radius 3 is 3.00 bits per heavy atom. The van der Waals surface area contributed by atoms with Crippen molar-refractivity contribution >= 4 is 33.3 Å². The number of anilines is 1. The highest BCUT2D eigenvalue weighted by atomic mass is 32.1. The fraction of sp³-hybridized carbons (Fsp3) is 0.111. The van der Waals surface area contributed by atoms with E-state index in [1.807, 2.05) is 59.6 Å². The predicted molar refractivity (Wildman–Crippen MR) is 95.1 cm³/mol. The highest BCUT2D eigenvalue weighted by molar-refractivity contribution is 7.14. The maximum absolute atomic E-state index is 12.4. The number of hydrogen-bond donors (Lipinski definition) is 1. The highest BCUT2D eigenvalue weighted by Gasteiger charge is 2.13. The molecule has 120 valence electrons. The number of amides is 1. The van der Waals surface area contributed by atoms with Crippen molar-refractivity contribution in [2.24, 2.45) is 7.05 Å². The molecule has 6 heteroatoms. The van der Waals surface area contributed by atoms with Crippen LogP contribution in [0.15, 0.2) is 58.7 Å². The van der Waals surface area contributed by atoms with Crippen LogP contribution in [-0.2, 0) is 18.3 Å². The van der Waals surface area contributed by atoms with E-state index in [4.69, 9.17) is 4.42 Å². The van der Waals surface area contributed by atoms with E-state index in [0.717, 1.165) is 22.2 Å². The summed E-state index contributed by atoms with van der Waals surface area (Å²) in [6.45, 7) is 0. The summed E-state index contributed by atoms with van der Waals surface area (Å²) >= 11 is 1.39. The molecule has 4 aromatic rings. The number of hydrogen-bond acceptors (Lipinski definition) is 4. The van der Waals surface area contributed by atoms with Gasteiger partial charge >= 0.3 is 0 Å². The number of rotatable bonds is 4. The molecular weight excluding hydrogens is 322 g/mol. The summed E-state index contributed by atoms with van der Waals surface area (Å²) in [4.78, 5) is 16.7. The molecule has 0 saturated carbocycles. The third kappa shape index (κ3) is 2.72. The van der Waals surface area contributed by atoms with Crippen LogP contribution < -0.4 is 5.32 Å². The Labute approximate surface area is 142 Å². The van der Waals surface area contributed by atoms with Crippen molar-refractivity contribution < 1.29 is 9.21 Å². The first-order valence-electron chi connectivity index (χ1n) is 7.53. The molecule has 0 aliphatic rings. The van der Waals surface area contributed by atoms with Crippen LogP contribution in [0.5, 0.6) is 0 Å². The Hall–Kier alpha value is -2.86. The lowest BCUT2D eigenvalue weighted by molar-refractivity contribution is -0.115. The first kappa shape index (κ1) is 14.7. The molecule has 4 rings (SSSR count). The molecule has 3 heterocycles. The smallest absolute Gasteiger partial charge is 0.230 e. The molecule has 1 aromatic carbocycles. The Balaban J connectivity index is 1.50. The topological polar surface area (TPSA) is 60.1 Å². The number of furan rings is 1. The number of nitrogens with one attached hydrogen (secondary N) is 1. The van der Waals surface area contributed by atoms with Crippen LogP contribution in [-0.4, -0.2) is 15.5 Å². The van der Waals surface area contributed by atoms with Gasteiger partial charge in [0.2, 0.25) is 5.91 Å². The van der Waals surface area contributed by atoms with Crippen LogP contribution >= 0.6 is 11.3 Å². The second kappa shape index (κ2) is 5.98. The molecular formula is C18H15N3O2S. The number of carbonyl (C=O) groups is 1. The van der Waals surface area contributed by atoms with Crippen molar-refractivity contribution in [1.29, 1.82) is 0 Å². The Morgan fingerprint density at radius 1 is 1.29 bits per heavy atom. The van der Waals surface area contributed by atoms with Crippen molar-refractivity contribution in [3.8, 4) is 11.5 Å². The van der Waals surface area contributed by atoms with Gasteiger partial charge in [0, 0.05) is 29.5 Å². The summed E-state index contributed by atoms with van der Waals surface area (Å²) < 4.78 is 7.35. The van der Waals surface area contributed by atoms with E-state index < -0.39 is 0 Å². The van der Waals surface area contributed by atoms with Gasteiger partial charge in [-0.25, -0.2) is 4.98 Å². The lowest BCUT2D eigenvalue weighted by Gasteiger charge is -2.00. The molecule has 0 saturated heterocycles. The molecule has 0 fully saturated rings. The molecule has 0 aliphatic heterocycles. The minimum absolute atomic E-state index is 0.0771. The van der Waals surface area contributed by atoms with Gasteiger partial charge < -0.3 is 14.3 Å². The standard InChI is InChI=1S/C18H15N3O2S/c1-21-10-12(13-5-2-3-6-15(13)21)9-17(22)20-18-19-14(11-24-18)16-7-4-8-23-16/h2-8,10-11H,9H2,1H3,(H,19,20,22). The molecule has 24 heavy (non-hydrogen) atoms. The first-order chi connectivity index (χ1) is 11.7. The van der Waals surface area contributed by atoms with E-state index in [1.54, 1.807) is 6.26 Å². The van der Waals surface area contributed by atoms with Gasteiger partial charge in [-0.15, -0.1) is 11.3 Å². The van der Waals surface area contributed by atoms with E-state index >= 15 is 0 Å². The fourth-order valence-corrected chi connectivity index (χ4v) is 3.49. The van der Waals surface area contributed by atoms with Crippen LogP contribution in [0.1, 0.15) is 5.56 Å². The lowest BCUT2D eigenvalue weighted by atomic mass is 10.1. The second-order valence-electron chi connectivity index (χ2n) is 5.52. The van der Waals surface area contributed by atoms with Crippen LogP contribution in [0.2, 0.25) is 0 Å². The predicted octanol–water partition coefficient (Wildman–Crippen LogP) is 4.08. The van der Waals surface area contributed by atoms with Crippen LogP contribution in [0.4, 0.5) is 5.13 Å². The number of nitrogens with zero attached hydrogens (tertiary/aromatic N) is 2. The number of fused-ring (bicyclic) bond motifs is 1. The van der Waals surface area contributed by atoms with Gasteiger partial charge in [0.1, 0.15) is 5.69 Å². The van der Waals surface area contributed by atoms with Gasteiger partial charge in [-0.05, 0) is 23.8 Å². The van der Waals surface area contributed by atoms with Crippen LogP contribution in [0.3, 0.4) is 0 Å². The molecule has 0 radical (unpaired) electrons. The molecule has 0 unspecified atom stereocenters. The number of aromatic nitrogens is 2. The van der Waals surface area contributed by atoms with Crippen molar-refractivity contribution in [1.82, 2.24) is 9.55 Å². The average molecular weight is 337 g/mol. The van der Waals surface area contributed by atoms with Gasteiger partial charge in [0.25, 0.3) is 0 Å². The van der Waals surface area contributed by atoms with Crippen molar-refractivity contribution in [2.75, 3.05) is 5.32 Å². The SMILES string of the molecule is Cn1cc(CC(=O)Nc2nc(-c3ccco3)cs2)c2ccccc21. The summed E-state index contributed by atoms with van der Waals surface area (Å²) in [7, 11) is 1.99. The summed E-state index contributed by atoms with van der Waals surface area (Å²) in [5.41, 5.74) is 2.86. The van der Waals surface area contributed by atoms with E-state index in [2.05, 4.69) is 10.3 Å². The maximum atomic E-state index is 12.4. The zero-order chi connectivity index (χ0) is 16.5. The fourth-order valence-electron chi connectivity index (χ4n) is 2.77. The monoisotopic (exact) mass is 337 g/mol. The zero-order valence-corrected chi connectivity index (χ0v) is 13.8. The molecule has 0 atom stereocenters. The van der Waals surface area contributed by atoms with Crippen LogP contribution in [0, 0.1) is 0 Å².